The molecule has 0 amide bonds. The molecule has 0 radical (unpaired) electrons. The summed E-state index contributed by atoms with van der Waals surface area (Å²) in [7, 11) is 0. The molecule has 2 aromatic carbocycles. The van der Waals surface area contributed by atoms with Crippen LogP contribution in [0.1, 0.15) is 49.3 Å². The first-order valence-corrected chi connectivity index (χ1v) is 9.73. The highest BCUT2D eigenvalue weighted by atomic mass is 35.5. The van der Waals surface area contributed by atoms with E-state index in [0.717, 1.165) is 11.1 Å². The number of Topliss-reactive ketones (excluding diaryl/α,β-unsaturated/α-hetero) is 1. The number of ketones is 1. The monoisotopic (exact) mass is 448 g/mol. The summed E-state index contributed by atoms with van der Waals surface area (Å²) in [4.78, 5) is 11.5. The molecule has 8 heteroatoms. The third-order valence-corrected chi connectivity index (χ3v) is 4.97. The van der Waals surface area contributed by atoms with Crippen molar-refractivity contribution in [3.05, 3.63) is 57.1 Å². The molecular weight excluding hydrogens is 428 g/mol. The van der Waals surface area contributed by atoms with E-state index in [1.807, 2.05) is 19.9 Å². The van der Waals surface area contributed by atoms with Gasteiger partial charge in [0.2, 0.25) is 0 Å². The van der Waals surface area contributed by atoms with Crippen molar-refractivity contribution in [1.82, 2.24) is 0 Å². The molecule has 0 bridgehead atoms. The number of carbonyl (C=O) groups excluding carboxylic acids is 1. The minimum atomic E-state index is -4.38. The van der Waals surface area contributed by atoms with Crippen molar-refractivity contribution in [3.8, 4) is 11.5 Å². The van der Waals surface area contributed by atoms with E-state index >= 15 is 0 Å². The van der Waals surface area contributed by atoms with E-state index in [2.05, 4.69) is 0 Å². The Kier molecular flexibility index (Phi) is 7.83. The molecule has 0 aromatic heterocycles. The number of carbonyl (C=O) groups is 1. The number of benzene rings is 2. The first-order valence-electron chi connectivity index (χ1n) is 8.97. The van der Waals surface area contributed by atoms with Crippen LogP contribution in [-0.2, 0) is 11.2 Å². The summed E-state index contributed by atoms with van der Waals surface area (Å²) in [5, 5.41) is 10.6. The van der Waals surface area contributed by atoms with Gasteiger partial charge in [0, 0.05) is 22.9 Å². The zero-order valence-corrected chi connectivity index (χ0v) is 17.5. The number of ether oxygens (including phenoxy) is 1. The van der Waals surface area contributed by atoms with Gasteiger partial charge in [0.25, 0.3) is 0 Å². The van der Waals surface area contributed by atoms with Gasteiger partial charge >= 0.3 is 6.18 Å². The van der Waals surface area contributed by atoms with Crippen molar-refractivity contribution in [2.75, 3.05) is 6.61 Å². The molecule has 0 unspecified atom stereocenters. The van der Waals surface area contributed by atoms with Crippen molar-refractivity contribution in [1.29, 1.82) is 0 Å². The molecule has 2 aromatic rings. The van der Waals surface area contributed by atoms with Crippen molar-refractivity contribution in [2.45, 2.75) is 45.2 Å². The first kappa shape index (κ1) is 23.4. The largest absolute Gasteiger partial charge is 0.508 e. The van der Waals surface area contributed by atoms with E-state index in [-0.39, 0.29) is 17.4 Å². The maximum atomic E-state index is 12.2. The first-order chi connectivity index (χ1) is 13.5. The molecule has 0 heterocycles. The van der Waals surface area contributed by atoms with Crippen LogP contribution < -0.4 is 4.74 Å². The Morgan fingerprint density at radius 1 is 1.14 bits per heavy atom. The van der Waals surface area contributed by atoms with Gasteiger partial charge in [-0.25, -0.2) is 0 Å². The van der Waals surface area contributed by atoms with Gasteiger partial charge in [-0.1, -0.05) is 49.2 Å². The maximum absolute atomic E-state index is 12.2. The van der Waals surface area contributed by atoms with Crippen LogP contribution in [0.15, 0.2) is 30.3 Å². The fraction of sp³-hybridized carbons (Fsp3) is 0.381. The Labute approximate surface area is 177 Å². The summed E-state index contributed by atoms with van der Waals surface area (Å²) >= 11 is 12.6. The molecule has 2 rings (SSSR count). The lowest BCUT2D eigenvalue weighted by Crippen LogP contribution is -2.16. The lowest BCUT2D eigenvalue weighted by Gasteiger charge is -2.14. The molecule has 1 N–H and O–H groups in total. The topological polar surface area (TPSA) is 46.5 Å². The Bertz CT molecular complexity index is 857. The summed E-state index contributed by atoms with van der Waals surface area (Å²) < 4.78 is 41.7. The van der Waals surface area contributed by atoms with E-state index in [4.69, 9.17) is 27.9 Å². The molecule has 0 saturated heterocycles. The number of aromatic hydroxyl groups is 1. The molecule has 0 aliphatic carbocycles. The number of phenolic OH excluding ortho intramolecular Hbond substituents is 1. The van der Waals surface area contributed by atoms with Gasteiger partial charge in [0.05, 0.1) is 6.42 Å². The number of hydrogen-bond acceptors (Lipinski definition) is 3. The number of alkyl halides is 3. The highest BCUT2D eigenvalue weighted by Gasteiger charge is 2.27. The Morgan fingerprint density at radius 2 is 1.76 bits per heavy atom. The molecule has 29 heavy (non-hydrogen) atoms. The van der Waals surface area contributed by atoms with Gasteiger partial charge in [0.1, 0.15) is 18.1 Å². The van der Waals surface area contributed by atoms with E-state index < -0.39 is 31.4 Å². The predicted molar refractivity (Wildman–Crippen MR) is 107 cm³/mol. The van der Waals surface area contributed by atoms with Gasteiger partial charge in [-0.15, -0.1) is 0 Å². The third-order valence-electron chi connectivity index (χ3n) is 4.30. The molecule has 0 atom stereocenters. The van der Waals surface area contributed by atoms with Gasteiger partial charge in [-0.05, 0) is 40.8 Å². The van der Waals surface area contributed by atoms with Crippen LogP contribution in [0.5, 0.6) is 11.5 Å². The quantitative estimate of drug-likeness (QED) is 0.488. The maximum Gasteiger partial charge on any atom is 0.389 e. The fourth-order valence-electron chi connectivity index (χ4n) is 2.73. The van der Waals surface area contributed by atoms with Crippen LogP contribution >= 0.6 is 23.2 Å². The molecule has 0 aliphatic heterocycles. The van der Waals surface area contributed by atoms with E-state index in [9.17, 15) is 23.1 Å². The number of rotatable bonds is 8. The Morgan fingerprint density at radius 3 is 2.31 bits per heavy atom. The normalized spacial score (nSPS) is 11.7. The Balaban J connectivity index is 2.08. The number of halogens is 5. The SMILES string of the molecule is CC(C)c1cc(Cc2c(Cl)cc(OCC(=O)CCC(F)(F)F)cc2Cl)ccc1O. The molecular formula is C21H21Cl2F3O3. The van der Waals surface area contributed by atoms with E-state index in [1.54, 1.807) is 12.1 Å². The Hall–Kier alpha value is -1.92. The van der Waals surface area contributed by atoms with Crippen LogP contribution in [0.4, 0.5) is 13.2 Å². The predicted octanol–water partition coefficient (Wildman–Crippen LogP) is 6.70. The highest BCUT2D eigenvalue weighted by Crippen LogP contribution is 2.34. The number of phenols is 1. The molecule has 0 aliphatic rings. The van der Waals surface area contributed by atoms with Crippen LogP contribution in [0.3, 0.4) is 0 Å². The summed E-state index contributed by atoms with van der Waals surface area (Å²) in [6, 6.07) is 8.23. The fourth-order valence-corrected chi connectivity index (χ4v) is 3.33. The van der Waals surface area contributed by atoms with Crippen LogP contribution in [-0.4, -0.2) is 23.7 Å². The lowest BCUT2D eigenvalue weighted by molar-refractivity contribution is -0.143. The zero-order chi connectivity index (χ0) is 21.8. The van der Waals surface area contributed by atoms with Crippen molar-refractivity contribution < 1.29 is 27.8 Å². The molecule has 0 fully saturated rings. The van der Waals surface area contributed by atoms with Crippen LogP contribution in [0.2, 0.25) is 10.0 Å². The summed E-state index contributed by atoms with van der Waals surface area (Å²) in [6.07, 6.45) is -5.78. The molecule has 3 nitrogen and oxygen atoms in total. The summed E-state index contributed by atoms with van der Waals surface area (Å²) in [5.41, 5.74) is 2.36. The summed E-state index contributed by atoms with van der Waals surface area (Å²) in [6.45, 7) is 3.46. The van der Waals surface area contributed by atoms with Gasteiger partial charge in [-0.3, -0.25) is 4.79 Å². The zero-order valence-electron chi connectivity index (χ0n) is 15.9. The van der Waals surface area contributed by atoms with Crippen LogP contribution in [0.25, 0.3) is 0 Å². The highest BCUT2D eigenvalue weighted by molar-refractivity contribution is 6.36. The average molecular weight is 449 g/mol. The molecule has 0 spiro atoms. The second-order valence-corrected chi connectivity index (χ2v) is 7.85. The minimum Gasteiger partial charge on any atom is -0.508 e. The van der Waals surface area contributed by atoms with Crippen LogP contribution in [0, 0.1) is 0 Å². The minimum absolute atomic E-state index is 0.145. The van der Waals surface area contributed by atoms with Crippen molar-refractivity contribution in [3.63, 3.8) is 0 Å². The van der Waals surface area contributed by atoms with Gasteiger partial charge in [0.15, 0.2) is 5.78 Å². The smallest absolute Gasteiger partial charge is 0.389 e. The standard InChI is InChI=1S/C21H21Cl2F3O3/c1-12(2)16-7-13(3-4-20(16)28)8-17-18(22)9-15(10-19(17)23)29-11-14(27)5-6-21(24,25)26/h3-4,7,9-10,12,28H,5-6,8,11H2,1-2H3. The lowest BCUT2D eigenvalue weighted by atomic mass is 9.96. The molecule has 0 saturated carbocycles. The van der Waals surface area contributed by atoms with Crippen molar-refractivity contribution in [2.24, 2.45) is 0 Å². The average Bonchev–Trinajstić information content (AvgIpc) is 2.61. The second-order valence-electron chi connectivity index (χ2n) is 7.03. The van der Waals surface area contributed by atoms with Gasteiger partial charge in [-0.2, -0.15) is 13.2 Å². The van der Waals surface area contributed by atoms with E-state index in [0.29, 0.717) is 22.0 Å². The summed E-state index contributed by atoms with van der Waals surface area (Å²) in [5.74, 6) is -0.0897. The number of hydrogen-bond donors (Lipinski definition) is 1. The molecule has 158 valence electrons. The van der Waals surface area contributed by atoms with Crippen molar-refractivity contribution >= 4 is 29.0 Å². The third kappa shape index (κ3) is 7.12. The van der Waals surface area contributed by atoms with E-state index in [1.165, 1.54) is 12.1 Å². The second kappa shape index (κ2) is 9.72. The van der Waals surface area contributed by atoms with Gasteiger partial charge < -0.3 is 9.84 Å².